The van der Waals surface area contributed by atoms with Crippen LogP contribution >= 0.6 is 11.6 Å². The van der Waals surface area contributed by atoms with Crippen molar-refractivity contribution in [2.75, 3.05) is 19.5 Å². The molecule has 0 bridgehead atoms. The molecule has 0 saturated heterocycles. The van der Waals surface area contributed by atoms with Gasteiger partial charge < -0.3 is 19.5 Å². The van der Waals surface area contributed by atoms with E-state index in [-0.39, 0.29) is 12.5 Å². The molecule has 0 saturated carbocycles. The Hall–Kier alpha value is -3.18. The summed E-state index contributed by atoms with van der Waals surface area (Å²) < 4.78 is 16.6. The molecule has 0 radical (unpaired) electrons. The lowest BCUT2D eigenvalue weighted by molar-refractivity contribution is 0.102. The molecule has 0 spiro atoms. The molecule has 1 N–H and O–H groups in total. The Balaban J connectivity index is 1.78. The van der Waals surface area contributed by atoms with E-state index >= 15 is 0 Å². The van der Waals surface area contributed by atoms with Gasteiger partial charge in [0.05, 0.1) is 14.2 Å². The fourth-order valence-corrected chi connectivity index (χ4v) is 2.89. The number of ether oxygens (including phenoxy) is 3. The Kier molecular flexibility index (Phi) is 6.40. The average molecular weight is 398 g/mol. The zero-order chi connectivity index (χ0) is 19.9. The number of amides is 1. The Labute approximate surface area is 168 Å². The second-order valence-electron chi connectivity index (χ2n) is 5.93. The molecule has 5 nitrogen and oxygen atoms in total. The molecule has 0 unspecified atom stereocenters. The molecule has 0 aliphatic heterocycles. The van der Waals surface area contributed by atoms with Crippen LogP contribution in [0.1, 0.15) is 15.9 Å². The van der Waals surface area contributed by atoms with Gasteiger partial charge in [-0.1, -0.05) is 29.8 Å². The number of para-hydroxylation sites is 2. The van der Waals surface area contributed by atoms with Gasteiger partial charge in [-0.25, -0.2) is 0 Å². The monoisotopic (exact) mass is 397 g/mol. The van der Waals surface area contributed by atoms with Crippen LogP contribution in [-0.2, 0) is 6.61 Å². The fourth-order valence-electron chi connectivity index (χ4n) is 2.70. The van der Waals surface area contributed by atoms with Gasteiger partial charge in [0.25, 0.3) is 5.91 Å². The summed E-state index contributed by atoms with van der Waals surface area (Å²) in [5.41, 5.74) is 1.85. The van der Waals surface area contributed by atoms with Crippen LogP contribution in [0, 0.1) is 0 Å². The van der Waals surface area contributed by atoms with E-state index in [1.165, 1.54) is 0 Å². The number of methoxy groups -OCH3 is 2. The van der Waals surface area contributed by atoms with E-state index in [0.717, 1.165) is 5.56 Å². The minimum Gasteiger partial charge on any atom is -0.496 e. The maximum absolute atomic E-state index is 12.6. The largest absolute Gasteiger partial charge is 0.496 e. The van der Waals surface area contributed by atoms with Crippen LogP contribution < -0.4 is 19.5 Å². The van der Waals surface area contributed by atoms with E-state index in [1.807, 2.05) is 24.3 Å². The smallest absolute Gasteiger partial charge is 0.255 e. The van der Waals surface area contributed by atoms with Crippen molar-refractivity contribution in [3.63, 3.8) is 0 Å². The summed E-state index contributed by atoms with van der Waals surface area (Å²) in [7, 11) is 3.16. The summed E-state index contributed by atoms with van der Waals surface area (Å²) in [6.45, 7) is 0.224. The predicted octanol–water partition coefficient (Wildman–Crippen LogP) is 5.19. The number of nitrogens with one attached hydrogen (secondary N) is 1. The zero-order valence-corrected chi connectivity index (χ0v) is 16.3. The van der Waals surface area contributed by atoms with Crippen LogP contribution in [0.2, 0.25) is 5.02 Å². The minimum atomic E-state index is -0.247. The molecule has 0 aromatic heterocycles. The molecule has 3 rings (SSSR count). The van der Waals surface area contributed by atoms with Crippen LogP contribution in [0.3, 0.4) is 0 Å². The van der Waals surface area contributed by atoms with Crippen molar-refractivity contribution in [3.05, 3.63) is 82.9 Å². The summed E-state index contributed by atoms with van der Waals surface area (Å²) in [4.78, 5) is 12.6. The van der Waals surface area contributed by atoms with E-state index in [1.54, 1.807) is 56.7 Å². The number of hydrogen-bond donors (Lipinski definition) is 1. The third-order valence-electron chi connectivity index (χ3n) is 4.08. The molecule has 3 aromatic rings. The second kappa shape index (κ2) is 9.15. The Bertz CT molecular complexity index is 974. The summed E-state index contributed by atoms with van der Waals surface area (Å²) in [5.74, 6) is 1.63. The molecule has 0 atom stereocenters. The van der Waals surface area contributed by atoms with Gasteiger partial charge in [-0.05, 0) is 48.5 Å². The maximum atomic E-state index is 12.6. The number of halogens is 1. The molecular formula is C22H20ClNO4. The first-order valence-corrected chi connectivity index (χ1v) is 8.98. The van der Waals surface area contributed by atoms with Crippen LogP contribution in [-0.4, -0.2) is 20.1 Å². The average Bonchev–Trinajstić information content (AvgIpc) is 2.72. The first-order valence-electron chi connectivity index (χ1n) is 8.60. The number of carbonyl (C=O) groups excluding carboxylic acids is 1. The summed E-state index contributed by atoms with van der Waals surface area (Å²) in [6.07, 6.45) is 0. The standard InChI is InChI=1S/C22H20ClNO4/c1-26-19-11-10-15(22(25)24-18-7-5-6-17(23)13-18)12-16(19)14-28-21-9-4-3-8-20(21)27-2/h3-13H,14H2,1-2H3,(H,24,25). The summed E-state index contributed by atoms with van der Waals surface area (Å²) >= 11 is 5.97. The third kappa shape index (κ3) is 4.75. The van der Waals surface area contributed by atoms with Crippen molar-refractivity contribution < 1.29 is 19.0 Å². The fraction of sp³-hybridized carbons (Fsp3) is 0.136. The Morgan fingerprint density at radius 2 is 1.64 bits per heavy atom. The van der Waals surface area contributed by atoms with E-state index in [0.29, 0.717) is 33.5 Å². The van der Waals surface area contributed by atoms with Gasteiger partial charge in [0.2, 0.25) is 0 Å². The molecule has 0 heterocycles. The highest BCUT2D eigenvalue weighted by Gasteiger charge is 2.12. The van der Waals surface area contributed by atoms with Crippen molar-refractivity contribution in [1.82, 2.24) is 0 Å². The lowest BCUT2D eigenvalue weighted by Gasteiger charge is -2.14. The highest BCUT2D eigenvalue weighted by Crippen LogP contribution is 2.29. The first kappa shape index (κ1) is 19.6. The molecule has 3 aromatic carbocycles. The molecular weight excluding hydrogens is 378 g/mol. The van der Waals surface area contributed by atoms with Gasteiger partial charge in [-0.2, -0.15) is 0 Å². The lowest BCUT2D eigenvalue weighted by Crippen LogP contribution is -2.13. The minimum absolute atomic E-state index is 0.224. The van der Waals surface area contributed by atoms with Crippen LogP contribution in [0.25, 0.3) is 0 Å². The number of hydrogen-bond acceptors (Lipinski definition) is 4. The zero-order valence-electron chi connectivity index (χ0n) is 15.6. The normalized spacial score (nSPS) is 10.2. The van der Waals surface area contributed by atoms with Crippen LogP contribution in [0.15, 0.2) is 66.7 Å². The third-order valence-corrected chi connectivity index (χ3v) is 4.31. The van der Waals surface area contributed by atoms with Gasteiger partial charge >= 0.3 is 0 Å². The first-order chi connectivity index (χ1) is 13.6. The Morgan fingerprint density at radius 3 is 2.36 bits per heavy atom. The van der Waals surface area contributed by atoms with Crippen molar-refractivity contribution in [3.8, 4) is 17.2 Å². The van der Waals surface area contributed by atoms with E-state index in [2.05, 4.69) is 5.32 Å². The van der Waals surface area contributed by atoms with Gasteiger partial charge in [0.15, 0.2) is 11.5 Å². The van der Waals surface area contributed by atoms with Gasteiger partial charge in [0, 0.05) is 21.8 Å². The molecule has 144 valence electrons. The maximum Gasteiger partial charge on any atom is 0.255 e. The number of benzene rings is 3. The number of anilines is 1. The quantitative estimate of drug-likeness (QED) is 0.596. The van der Waals surface area contributed by atoms with E-state index in [4.69, 9.17) is 25.8 Å². The molecule has 0 aliphatic rings. The van der Waals surface area contributed by atoms with Crippen LogP contribution in [0.5, 0.6) is 17.2 Å². The highest BCUT2D eigenvalue weighted by atomic mass is 35.5. The predicted molar refractivity (Wildman–Crippen MR) is 110 cm³/mol. The molecule has 28 heavy (non-hydrogen) atoms. The van der Waals surface area contributed by atoms with Crippen molar-refractivity contribution in [1.29, 1.82) is 0 Å². The van der Waals surface area contributed by atoms with Crippen molar-refractivity contribution in [2.24, 2.45) is 0 Å². The summed E-state index contributed by atoms with van der Waals surface area (Å²) in [6, 6.07) is 19.6. The van der Waals surface area contributed by atoms with Gasteiger partial charge in [0.1, 0.15) is 12.4 Å². The SMILES string of the molecule is COc1ccc(C(=O)Nc2cccc(Cl)c2)cc1COc1ccccc1OC. The molecule has 6 heteroatoms. The van der Waals surface area contributed by atoms with Crippen LogP contribution in [0.4, 0.5) is 5.69 Å². The van der Waals surface area contributed by atoms with E-state index < -0.39 is 0 Å². The van der Waals surface area contributed by atoms with Gasteiger partial charge in [-0.3, -0.25) is 4.79 Å². The number of carbonyl (C=O) groups is 1. The highest BCUT2D eigenvalue weighted by molar-refractivity contribution is 6.30. The van der Waals surface area contributed by atoms with Crippen molar-refractivity contribution >= 4 is 23.2 Å². The topological polar surface area (TPSA) is 56.8 Å². The molecule has 0 fully saturated rings. The summed E-state index contributed by atoms with van der Waals surface area (Å²) in [5, 5.41) is 3.38. The number of rotatable bonds is 7. The molecule has 0 aliphatic carbocycles. The van der Waals surface area contributed by atoms with Gasteiger partial charge in [-0.15, -0.1) is 0 Å². The van der Waals surface area contributed by atoms with E-state index in [9.17, 15) is 4.79 Å². The van der Waals surface area contributed by atoms with Crippen molar-refractivity contribution in [2.45, 2.75) is 6.61 Å². The second-order valence-corrected chi connectivity index (χ2v) is 6.37. The Morgan fingerprint density at radius 1 is 0.893 bits per heavy atom. The lowest BCUT2D eigenvalue weighted by atomic mass is 10.1. The molecule has 1 amide bonds.